The molecule has 2 aromatic rings. The van der Waals surface area contributed by atoms with Gasteiger partial charge in [-0.1, -0.05) is 61.7 Å². The number of carbonyl (C=O) groups is 2. The maximum Gasteiger partial charge on any atom is 0.242 e. The third-order valence-corrected chi connectivity index (χ3v) is 7.06. The third-order valence-electron chi connectivity index (χ3n) is 6.05. The van der Waals surface area contributed by atoms with Crippen LogP contribution in [0.15, 0.2) is 59.5 Å². The summed E-state index contributed by atoms with van der Waals surface area (Å²) in [6, 6.07) is 18.0. The molecular weight excluding hydrogens is 404 g/mol. The van der Waals surface area contributed by atoms with Gasteiger partial charge in [0.05, 0.1) is 0 Å². The fourth-order valence-corrected chi connectivity index (χ4v) is 4.90. The Kier molecular flexibility index (Phi) is 9.01. The lowest BCUT2D eigenvalue weighted by molar-refractivity contribution is -0.140. The zero-order chi connectivity index (χ0) is 22.1. The van der Waals surface area contributed by atoms with E-state index in [1.807, 2.05) is 43.3 Å². The van der Waals surface area contributed by atoms with Crippen LogP contribution in [0.25, 0.3) is 0 Å². The fraction of sp³-hybridized carbons (Fsp3) is 0.462. The Bertz CT molecular complexity index is 849. The molecule has 0 heterocycles. The first-order chi connectivity index (χ1) is 15.0. The molecule has 1 fully saturated rings. The highest BCUT2D eigenvalue weighted by Gasteiger charge is 2.28. The molecule has 1 aliphatic rings. The van der Waals surface area contributed by atoms with E-state index >= 15 is 0 Å². The van der Waals surface area contributed by atoms with Gasteiger partial charge in [0.1, 0.15) is 6.04 Å². The van der Waals surface area contributed by atoms with Crippen molar-refractivity contribution < 1.29 is 9.59 Å². The molecule has 0 unspecified atom stereocenters. The standard InChI is InChI=1S/C26H34N2O2S/c1-20-11-9-10-12-22(20)19-28(21(2)26(30)27-23-13-5-3-6-14-23)25(29)17-18-31-24-15-7-4-8-16-24/h4,7-12,15-16,21,23H,3,5-6,13-14,17-19H2,1-2H3,(H,27,30)/t21-/m1/s1. The van der Waals surface area contributed by atoms with Crippen LogP contribution in [0.1, 0.15) is 56.6 Å². The van der Waals surface area contributed by atoms with Gasteiger partial charge in [-0.2, -0.15) is 0 Å². The summed E-state index contributed by atoms with van der Waals surface area (Å²) in [6.45, 7) is 4.37. The van der Waals surface area contributed by atoms with E-state index in [9.17, 15) is 9.59 Å². The molecule has 166 valence electrons. The van der Waals surface area contributed by atoms with E-state index in [1.54, 1.807) is 16.7 Å². The highest BCUT2D eigenvalue weighted by atomic mass is 32.2. The molecule has 2 amide bonds. The van der Waals surface area contributed by atoms with E-state index in [1.165, 1.54) is 19.3 Å². The monoisotopic (exact) mass is 438 g/mol. The zero-order valence-electron chi connectivity index (χ0n) is 18.7. The molecule has 1 saturated carbocycles. The lowest BCUT2D eigenvalue weighted by Crippen LogP contribution is -2.50. The van der Waals surface area contributed by atoms with E-state index in [2.05, 4.69) is 30.4 Å². The van der Waals surface area contributed by atoms with Gasteiger partial charge in [-0.25, -0.2) is 0 Å². The van der Waals surface area contributed by atoms with Crippen molar-refractivity contribution in [3.05, 3.63) is 65.7 Å². The quantitative estimate of drug-likeness (QED) is 0.537. The minimum Gasteiger partial charge on any atom is -0.352 e. The first-order valence-corrected chi connectivity index (χ1v) is 12.4. The van der Waals surface area contributed by atoms with Crippen molar-refractivity contribution in [3.8, 4) is 0 Å². The number of rotatable bonds is 9. The predicted octanol–water partition coefficient (Wildman–Crippen LogP) is 5.34. The van der Waals surface area contributed by atoms with Crippen LogP contribution in [-0.4, -0.2) is 34.6 Å². The molecule has 0 aliphatic heterocycles. The van der Waals surface area contributed by atoms with Crippen molar-refractivity contribution in [2.45, 2.75) is 75.9 Å². The van der Waals surface area contributed by atoms with Gasteiger partial charge in [-0.15, -0.1) is 11.8 Å². The van der Waals surface area contributed by atoms with Crippen LogP contribution in [0.3, 0.4) is 0 Å². The number of benzene rings is 2. The number of hydrogen-bond acceptors (Lipinski definition) is 3. The Balaban J connectivity index is 1.66. The first kappa shape index (κ1) is 23.4. The second-order valence-electron chi connectivity index (χ2n) is 8.38. The molecule has 1 aliphatic carbocycles. The lowest BCUT2D eigenvalue weighted by atomic mass is 9.95. The number of nitrogens with zero attached hydrogens (tertiary/aromatic N) is 1. The van der Waals surface area contributed by atoms with Gasteiger partial charge in [0.25, 0.3) is 0 Å². The van der Waals surface area contributed by atoms with Gasteiger partial charge in [-0.05, 0) is 49.9 Å². The van der Waals surface area contributed by atoms with E-state index in [0.29, 0.717) is 18.7 Å². The average molecular weight is 439 g/mol. The van der Waals surface area contributed by atoms with E-state index in [4.69, 9.17) is 0 Å². The zero-order valence-corrected chi connectivity index (χ0v) is 19.5. The van der Waals surface area contributed by atoms with Gasteiger partial charge >= 0.3 is 0 Å². The molecule has 0 spiro atoms. The number of carbonyl (C=O) groups excluding carboxylic acids is 2. The number of amides is 2. The van der Waals surface area contributed by atoms with Crippen LogP contribution in [0.4, 0.5) is 0 Å². The fourth-order valence-electron chi connectivity index (χ4n) is 4.04. The van der Waals surface area contributed by atoms with Crippen LogP contribution in [0, 0.1) is 6.92 Å². The second-order valence-corrected chi connectivity index (χ2v) is 9.55. The predicted molar refractivity (Wildman–Crippen MR) is 128 cm³/mol. The molecule has 0 aromatic heterocycles. The maximum absolute atomic E-state index is 13.2. The van der Waals surface area contributed by atoms with Crippen LogP contribution in [0.2, 0.25) is 0 Å². The van der Waals surface area contributed by atoms with Crippen molar-refractivity contribution in [3.63, 3.8) is 0 Å². The maximum atomic E-state index is 13.2. The Morgan fingerprint density at radius 2 is 1.71 bits per heavy atom. The Morgan fingerprint density at radius 1 is 1.03 bits per heavy atom. The molecular formula is C26H34N2O2S. The van der Waals surface area contributed by atoms with Crippen molar-refractivity contribution >= 4 is 23.6 Å². The molecule has 1 N–H and O–H groups in total. The molecule has 0 radical (unpaired) electrons. The number of thioether (sulfide) groups is 1. The van der Waals surface area contributed by atoms with Crippen LogP contribution in [-0.2, 0) is 16.1 Å². The topological polar surface area (TPSA) is 49.4 Å². The van der Waals surface area contributed by atoms with E-state index < -0.39 is 6.04 Å². The van der Waals surface area contributed by atoms with Crippen molar-refractivity contribution in [2.24, 2.45) is 0 Å². The normalized spacial score (nSPS) is 15.3. The van der Waals surface area contributed by atoms with Crippen molar-refractivity contribution in [2.75, 3.05) is 5.75 Å². The molecule has 0 bridgehead atoms. The molecule has 3 rings (SSSR count). The summed E-state index contributed by atoms with van der Waals surface area (Å²) >= 11 is 1.68. The first-order valence-electron chi connectivity index (χ1n) is 11.4. The van der Waals surface area contributed by atoms with E-state index in [-0.39, 0.29) is 17.9 Å². The lowest BCUT2D eigenvalue weighted by Gasteiger charge is -2.31. The van der Waals surface area contributed by atoms with Crippen LogP contribution < -0.4 is 5.32 Å². The SMILES string of the molecule is Cc1ccccc1CN(C(=O)CCSc1ccccc1)[C@H](C)C(=O)NC1CCCCC1. The van der Waals surface area contributed by atoms with Gasteiger partial charge < -0.3 is 10.2 Å². The summed E-state index contributed by atoms with van der Waals surface area (Å²) in [4.78, 5) is 29.1. The third kappa shape index (κ3) is 7.13. The minimum atomic E-state index is -0.490. The Labute approximate surface area is 190 Å². The highest BCUT2D eigenvalue weighted by molar-refractivity contribution is 7.99. The summed E-state index contributed by atoms with van der Waals surface area (Å²) < 4.78 is 0. The molecule has 31 heavy (non-hydrogen) atoms. The smallest absolute Gasteiger partial charge is 0.242 e. The molecule has 1 atom stereocenters. The summed E-state index contributed by atoms with van der Waals surface area (Å²) in [6.07, 6.45) is 6.07. The van der Waals surface area contributed by atoms with Gasteiger partial charge in [0, 0.05) is 29.7 Å². The van der Waals surface area contributed by atoms with Crippen LogP contribution in [0.5, 0.6) is 0 Å². The molecule has 4 nitrogen and oxygen atoms in total. The van der Waals surface area contributed by atoms with Crippen molar-refractivity contribution in [1.29, 1.82) is 0 Å². The Morgan fingerprint density at radius 3 is 2.42 bits per heavy atom. The molecule has 5 heteroatoms. The number of nitrogens with one attached hydrogen (secondary N) is 1. The van der Waals surface area contributed by atoms with Crippen LogP contribution >= 0.6 is 11.8 Å². The van der Waals surface area contributed by atoms with Gasteiger partial charge in [0.15, 0.2) is 0 Å². The van der Waals surface area contributed by atoms with Gasteiger partial charge in [0.2, 0.25) is 11.8 Å². The highest BCUT2D eigenvalue weighted by Crippen LogP contribution is 2.21. The second kappa shape index (κ2) is 11.9. The van der Waals surface area contributed by atoms with Crippen molar-refractivity contribution in [1.82, 2.24) is 10.2 Å². The largest absolute Gasteiger partial charge is 0.352 e. The number of aryl methyl sites for hydroxylation is 1. The summed E-state index contributed by atoms with van der Waals surface area (Å²) in [5, 5.41) is 3.20. The number of hydrogen-bond donors (Lipinski definition) is 1. The molecule has 0 saturated heterocycles. The summed E-state index contributed by atoms with van der Waals surface area (Å²) in [5.74, 6) is 0.687. The summed E-state index contributed by atoms with van der Waals surface area (Å²) in [5.41, 5.74) is 2.22. The minimum absolute atomic E-state index is 0.0259. The Hall–Kier alpha value is -2.27. The van der Waals surface area contributed by atoms with Gasteiger partial charge in [-0.3, -0.25) is 9.59 Å². The average Bonchev–Trinajstić information content (AvgIpc) is 2.79. The van der Waals surface area contributed by atoms with E-state index in [0.717, 1.165) is 28.9 Å². The summed E-state index contributed by atoms with van der Waals surface area (Å²) in [7, 11) is 0. The molecule has 2 aromatic carbocycles.